The van der Waals surface area contributed by atoms with E-state index in [1.54, 1.807) is 7.11 Å². The number of hydrogen-bond acceptors (Lipinski definition) is 2. The van der Waals surface area contributed by atoms with E-state index in [1.807, 2.05) is 30.3 Å². The van der Waals surface area contributed by atoms with E-state index in [0.717, 1.165) is 12.0 Å². The lowest BCUT2D eigenvalue weighted by Crippen LogP contribution is -2.22. The summed E-state index contributed by atoms with van der Waals surface area (Å²) < 4.78 is 5.36. The maximum absolute atomic E-state index is 8.77. The lowest BCUT2D eigenvalue weighted by molar-refractivity contribution is 0.412. The van der Waals surface area contributed by atoms with Gasteiger partial charge in [0.25, 0.3) is 0 Å². The smallest absolute Gasteiger partial charge is 0.137 e. The lowest BCUT2D eigenvalue weighted by atomic mass is 9.77. The Morgan fingerprint density at radius 2 is 2.05 bits per heavy atom. The number of methoxy groups -OCH3 is 1. The highest BCUT2D eigenvalue weighted by atomic mass is 35.5. The summed E-state index contributed by atoms with van der Waals surface area (Å²) in [6.45, 7) is 0. The summed E-state index contributed by atoms with van der Waals surface area (Å²) in [6.07, 6.45) is 1.51. The average molecular weight is 314 g/mol. The Kier molecular flexibility index (Phi) is 4.23. The van der Waals surface area contributed by atoms with Crippen molar-refractivity contribution in [3.05, 3.63) is 74.6 Å². The first-order valence-corrected chi connectivity index (χ1v) is 7.56. The van der Waals surface area contributed by atoms with Crippen LogP contribution in [-0.4, -0.2) is 13.2 Å². The number of rotatable bonds is 3. The summed E-state index contributed by atoms with van der Waals surface area (Å²) in [6, 6.07) is 14.2. The lowest BCUT2D eigenvalue weighted by Gasteiger charge is -2.30. The quantitative estimate of drug-likeness (QED) is 0.441. The molecule has 0 saturated carbocycles. The topological polar surface area (TPSA) is 58.0 Å². The fraction of sp³-hybridized carbons (Fsp3) is 0.294. The number of nitrogens with zero attached hydrogens (tertiary/aromatic N) is 3. The molecule has 0 spiro atoms. The van der Waals surface area contributed by atoms with Crippen LogP contribution in [0.4, 0.5) is 0 Å². The molecule has 0 amide bonds. The van der Waals surface area contributed by atoms with Gasteiger partial charge in [0, 0.05) is 16.9 Å². The van der Waals surface area contributed by atoms with Crippen molar-refractivity contribution in [3.8, 4) is 5.75 Å². The van der Waals surface area contributed by atoms with Gasteiger partial charge in [-0.15, -0.1) is 0 Å². The molecular formula is C17H16ClN3O. The SMILES string of the molecule is COc1cc2c(cc1Cl)C[C@@H](N=[N+]=[N-])C[C@@H]2c1ccccc1. The molecule has 112 valence electrons. The molecule has 0 unspecified atom stereocenters. The first kappa shape index (κ1) is 14.8. The van der Waals surface area contributed by atoms with Crippen LogP contribution in [-0.2, 0) is 6.42 Å². The fourth-order valence-electron chi connectivity index (χ4n) is 3.17. The number of benzene rings is 2. The largest absolute Gasteiger partial charge is 0.495 e. The van der Waals surface area contributed by atoms with Crippen molar-refractivity contribution in [1.82, 2.24) is 0 Å². The molecule has 3 rings (SSSR count). The average Bonchev–Trinajstić information content (AvgIpc) is 2.54. The van der Waals surface area contributed by atoms with Crippen LogP contribution in [0, 0.1) is 0 Å². The third-order valence-electron chi connectivity index (χ3n) is 4.17. The Labute approximate surface area is 134 Å². The molecule has 1 aliphatic carbocycles. The van der Waals surface area contributed by atoms with E-state index in [0.29, 0.717) is 17.2 Å². The van der Waals surface area contributed by atoms with E-state index in [4.69, 9.17) is 21.9 Å². The molecule has 0 heterocycles. The number of ether oxygens (including phenoxy) is 1. The van der Waals surface area contributed by atoms with Gasteiger partial charge in [-0.05, 0) is 47.2 Å². The zero-order valence-electron chi connectivity index (χ0n) is 12.2. The van der Waals surface area contributed by atoms with Gasteiger partial charge in [-0.3, -0.25) is 0 Å². The minimum atomic E-state index is -0.0489. The Hall–Kier alpha value is -2.16. The molecule has 0 aromatic heterocycles. The minimum absolute atomic E-state index is 0.0489. The Balaban J connectivity index is 2.12. The van der Waals surface area contributed by atoms with E-state index in [2.05, 4.69) is 22.2 Å². The summed E-state index contributed by atoms with van der Waals surface area (Å²) >= 11 is 6.25. The van der Waals surface area contributed by atoms with E-state index < -0.39 is 0 Å². The van der Waals surface area contributed by atoms with Crippen LogP contribution in [0.2, 0.25) is 5.02 Å². The van der Waals surface area contributed by atoms with Gasteiger partial charge in [-0.25, -0.2) is 0 Å². The van der Waals surface area contributed by atoms with Gasteiger partial charge in [0.15, 0.2) is 0 Å². The maximum Gasteiger partial charge on any atom is 0.137 e. The predicted octanol–water partition coefficient (Wildman–Crippen LogP) is 5.11. The molecule has 22 heavy (non-hydrogen) atoms. The first-order chi connectivity index (χ1) is 10.7. The third kappa shape index (κ3) is 2.76. The minimum Gasteiger partial charge on any atom is -0.495 e. The van der Waals surface area contributed by atoms with Gasteiger partial charge in [0.1, 0.15) is 5.75 Å². The maximum atomic E-state index is 8.77. The number of azide groups is 1. The van der Waals surface area contributed by atoms with E-state index in [1.165, 1.54) is 11.1 Å². The van der Waals surface area contributed by atoms with Gasteiger partial charge in [-0.1, -0.05) is 47.0 Å². The van der Waals surface area contributed by atoms with Crippen molar-refractivity contribution in [2.75, 3.05) is 7.11 Å². The highest BCUT2D eigenvalue weighted by Crippen LogP contribution is 2.41. The Morgan fingerprint density at radius 1 is 1.27 bits per heavy atom. The van der Waals surface area contributed by atoms with Crippen LogP contribution in [0.3, 0.4) is 0 Å². The van der Waals surface area contributed by atoms with Gasteiger partial charge in [-0.2, -0.15) is 0 Å². The molecule has 0 aliphatic heterocycles. The van der Waals surface area contributed by atoms with E-state index in [9.17, 15) is 0 Å². The van der Waals surface area contributed by atoms with Crippen molar-refractivity contribution < 1.29 is 4.74 Å². The normalized spacial score (nSPS) is 19.9. The summed E-state index contributed by atoms with van der Waals surface area (Å²) in [5, 5.41) is 4.53. The van der Waals surface area contributed by atoms with Crippen LogP contribution >= 0.6 is 11.6 Å². The van der Waals surface area contributed by atoms with Crippen molar-refractivity contribution in [3.63, 3.8) is 0 Å². The van der Waals surface area contributed by atoms with Crippen LogP contribution in [0.15, 0.2) is 47.6 Å². The van der Waals surface area contributed by atoms with Crippen molar-refractivity contribution in [1.29, 1.82) is 0 Å². The highest BCUT2D eigenvalue weighted by molar-refractivity contribution is 6.32. The molecule has 2 atom stereocenters. The Bertz CT molecular complexity index is 726. The monoisotopic (exact) mass is 313 g/mol. The molecule has 2 aromatic rings. The van der Waals surface area contributed by atoms with Crippen LogP contribution < -0.4 is 4.74 Å². The van der Waals surface area contributed by atoms with E-state index >= 15 is 0 Å². The van der Waals surface area contributed by atoms with Crippen LogP contribution in [0.1, 0.15) is 29.0 Å². The molecule has 4 nitrogen and oxygen atoms in total. The molecule has 0 fully saturated rings. The zero-order chi connectivity index (χ0) is 15.5. The third-order valence-corrected chi connectivity index (χ3v) is 4.46. The Morgan fingerprint density at radius 3 is 2.73 bits per heavy atom. The second-order valence-corrected chi connectivity index (χ2v) is 5.85. The molecule has 0 radical (unpaired) electrons. The van der Waals surface area contributed by atoms with E-state index in [-0.39, 0.29) is 12.0 Å². The second kappa shape index (κ2) is 6.30. The number of halogens is 1. The van der Waals surface area contributed by atoms with Crippen molar-refractivity contribution in [2.45, 2.75) is 24.8 Å². The highest BCUT2D eigenvalue weighted by Gasteiger charge is 2.28. The fourth-order valence-corrected chi connectivity index (χ4v) is 3.43. The molecule has 5 heteroatoms. The molecule has 2 aromatic carbocycles. The summed E-state index contributed by atoms with van der Waals surface area (Å²) in [5.41, 5.74) is 12.3. The van der Waals surface area contributed by atoms with Gasteiger partial charge in [0.2, 0.25) is 0 Å². The molecular weight excluding hydrogens is 298 g/mol. The van der Waals surface area contributed by atoms with Gasteiger partial charge < -0.3 is 4.74 Å². The van der Waals surface area contributed by atoms with Crippen molar-refractivity contribution >= 4 is 11.6 Å². The predicted molar refractivity (Wildman–Crippen MR) is 87.5 cm³/mol. The number of fused-ring (bicyclic) bond motifs is 1. The second-order valence-electron chi connectivity index (χ2n) is 5.45. The zero-order valence-corrected chi connectivity index (χ0v) is 13.0. The van der Waals surface area contributed by atoms with Crippen LogP contribution in [0.5, 0.6) is 5.75 Å². The summed E-state index contributed by atoms with van der Waals surface area (Å²) in [4.78, 5) is 2.98. The van der Waals surface area contributed by atoms with Gasteiger partial charge >= 0.3 is 0 Å². The van der Waals surface area contributed by atoms with Crippen LogP contribution in [0.25, 0.3) is 10.4 Å². The summed E-state index contributed by atoms with van der Waals surface area (Å²) in [7, 11) is 1.62. The first-order valence-electron chi connectivity index (χ1n) is 7.18. The van der Waals surface area contributed by atoms with Crippen molar-refractivity contribution in [2.24, 2.45) is 5.11 Å². The standard InChI is InChI=1S/C17H16ClN3O/c1-22-17-10-15-12(8-16(17)18)7-13(20-21-19)9-14(15)11-5-3-2-4-6-11/h2-6,8,10,13-14H,7,9H2,1H3/t13-,14-/m1/s1. The molecule has 0 N–H and O–H groups in total. The molecule has 0 saturated heterocycles. The number of hydrogen-bond donors (Lipinski definition) is 0. The molecule has 1 aliphatic rings. The van der Waals surface area contributed by atoms with Gasteiger partial charge in [0.05, 0.1) is 12.1 Å². The molecule has 0 bridgehead atoms. The summed E-state index contributed by atoms with van der Waals surface area (Å²) in [5.74, 6) is 0.871.